The van der Waals surface area contributed by atoms with E-state index < -0.39 is 5.97 Å². The normalized spacial score (nSPS) is 11.4. The van der Waals surface area contributed by atoms with Crippen LogP contribution in [0.2, 0.25) is 0 Å². The number of carboxylic acids is 1. The van der Waals surface area contributed by atoms with Crippen molar-refractivity contribution in [2.75, 3.05) is 12.5 Å². The maximum atomic E-state index is 12.9. The van der Waals surface area contributed by atoms with Gasteiger partial charge in [0, 0.05) is 6.20 Å². The molecule has 0 aliphatic heterocycles. The van der Waals surface area contributed by atoms with Gasteiger partial charge in [-0.25, -0.2) is 9.18 Å². The number of nitrogens with one attached hydrogen (secondary N) is 1. The van der Waals surface area contributed by atoms with Gasteiger partial charge in [0.05, 0.1) is 30.3 Å². The number of hydrogen-bond donors (Lipinski definition) is 4. The first-order valence-electron chi connectivity index (χ1n) is 7.33. The highest BCUT2D eigenvalue weighted by Crippen LogP contribution is 2.26. The average Bonchev–Trinajstić information content (AvgIpc) is 2.63. The Balaban J connectivity index is 2.15. The van der Waals surface area contributed by atoms with Crippen molar-refractivity contribution in [3.63, 3.8) is 0 Å². The number of rotatable bonds is 7. The SMILES string of the molecule is COc1cc(C(=O)O)ccc1NN(O)/C(C=Nc1ccc(F)cc1)=C/N. The summed E-state index contributed by atoms with van der Waals surface area (Å²) in [4.78, 5) is 15.1. The number of hydrazine groups is 1. The van der Waals surface area contributed by atoms with Crippen LogP contribution in [-0.2, 0) is 0 Å². The average molecular weight is 360 g/mol. The summed E-state index contributed by atoms with van der Waals surface area (Å²) in [5.41, 5.74) is 8.96. The first-order valence-corrected chi connectivity index (χ1v) is 7.33. The highest BCUT2D eigenvalue weighted by atomic mass is 19.1. The summed E-state index contributed by atoms with van der Waals surface area (Å²) in [7, 11) is 1.36. The predicted octanol–water partition coefficient (Wildman–Crippen LogP) is 2.75. The summed E-state index contributed by atoms with van der Waals surface area (Å²) in [6, 6.07) is 9.50. The standard InChI is InChI=1S/C17H17FN4O4/c1-26-16-8-11(17(23)24)2-7-15(16)21-22(25)14(9-19)10-20-13-5-3-12(18)4-6-13/h2-10,21,25H,19H2,1H3,(H,23,24)/b14-9+,20-10?. The van der Waals surface area contributed by atoms with Crippen molar-refractivity contribution in [1.29, 1.82) is 0 Å². The van der Waals surface area contributed by atoms with Crippen molar-refractivity contribution in [2.45, 2.75) is 0 Å². The molecule has 0 saturated heterocycles. The summed E-state index contributed by atoms with van der Waals surface area (Å²) in [5, 5.41) is 19.7. The minimum Gasteiger partial charge on any atom is -0.494 e. The van der Waals surface area contributed by atoms with Gasteiger partial charge in [-0.1, -0.05) is 0 Å². The quantitative estimate of drug-likeness (QED) is 0.442. The fourth-order valence-electron chi connectivity index (χ4n) is 1.93. The van der Waals surface area contributed by atoms with E-state index in [1.165, 1.54) is 55.8 Å². The Morgan fingerprint density at radius 1 is 1.31 bits per heavy atom. The highest BCUT2D eigenvalue weighted by Gasteiger charge is 2.12. The van der Waals surface area contributed by atoms with Gasteiger partial charge in [0.25, 0.3) is 0 Å². The molecule has 0 amide bonds. The van der Waals surface area contributed by atoms with Gasteiger partial charge in [0.15, 0.2) is 0 Å². The first-order chi connectivity index (χ1) is 12.4. The van der Waals surface area contributed by atoms with Gasteiger partial charge in [-0.3, -0.25) is 15.6 Å². The summed E-state index contributed by atoms with van der Waals surface area (Å²) in [5.74, 6) is -1.29. The number of allylic oxidation sites excluding steroid dienone is 1. The van der Waals surface area contributed by atoms with Crippen molar-refractivity contribution >= 4 is 23.6 Å². The molecule has 5 N–H and O–H groups in total. The van der Waals surface area contributed by atoms with E-state index in [0.717, 1.165) is 6.20 Å². The molecule has 0 saturated carbocycles. The fraction of sp³-hybridized carbons (Fsp3) is 0.0588. The molecule has 26 heavy (non-hydrogen) atoms. The van der Waals surface area contributed by atoms with Crippen LogP contribution in [0.5, 0.6) is 5.75 Å². The van der Waals surface area contributed by atoms with Crippen molar-refractivity contribution in [3.05, 3.63) is 65.7 Å². The number of hydroxylamine groups is 1. The van der Waals surface area contributed by atoms with Crippen molar-refractivity contribution < 1.29 is 24.2 Å². The third kappa shape index (κ3) is 4.71. The second-order valence-corrected chi connectivity index (χ2v) is 4.97. The Hall–Kier alpha value is -3.59. The molecule has 0 bridgehead atoms. The number of aliphatic imine (C=N–C) groups is 1. The summed E-state index contributed by atoms with van der Waals surface area (Å²) < 4.78 is 18.0. The zero-order valence-corrected chi connectivity index (χ0v) is 13.8. The van der Waals surface area contributed by atoms with Crippen LogP contribution in [-0.4, -0.2) is 34.8 Å². The van der Waals surface area contributed by atoms with E-state index in [1.54, 1.807) is 0 Å². The van der Waals surface area contributed by atoms with Crippen molar-refractivity contribution in [2.24, 2.45) is 10.7 Å². The van der Waals surface area contributed by atoms with Gasteiger partial charge in [0.1, 0.15) is 17.3 Å². The lowest BCUT2D eigenvalue weighted by Gasteiger charge is -2.20. The molecule has 0 heterocycles. The minimum atomic E-state index is -1.11. The van der Waals surface area contributed by atoms with E-state index in [4.69, 9.17) is 15.6 Å². The third-order valence-corrected chi connectivity index (χ3v) is 3.26. The van der Waals surface area contributed by atoms with Crippen molar-refractivity contribution in [3.8, 4) is 5.75 Å². The molecular weight excluding hydrogens is 343 g/mol. The van der Waals surface area contributed by atoms with Gasteiger partial charge in [0.2, 0.25) is 0 Å². The summed E-state index contributed by atoms with van der Waals surface area (Å²) >= 11 is 0. The van der Waals surface area contributed by atoms with E-state index in [-0.39, 0.29) is 22.8 Å². The minimum absolute atomic E-state index is 0.0318. The smallest absolute Gasteiger partial charge is 0.335 e. The molecule has 0 unspecified atom stereocenters. The molecule has 9 heteroatoms. The molecule has 2 aromatic rings. The predicted molar refractivity (Wildman–Crippen MR) is 94.0 cm³/mol. The zero-order chi connectivity index (χ0) is 19.1. The highest BCUT2D eigenvalue weighted by molar-refractivity contribution is 5.89. The summed E-state index contributed by atoms with van der Waals surface area (Å²) in [6.45, 7) is 0. The molecule has 0 radical (unpaired) electrons. The van der Waals surface area contributed by atoms with Gasteiger partial charge < -0.3 is 15.6 Å². The van der Waals surface area contributed by atoms with Crippen LogP contribution in [0.3, 0.4) is 0 Å². The van der Waals surface area contributed by atoms with Crippen LogP contribution in [0, 0.1) is 5.82 Å². The third-order valence-electron chi connectivity index (χ3n) is 3.26. The molecule has 0 spiro atoms. The first kappa shape index (κ1) is 18.7. The van der Waals surface area contributed by atoms with Crippen molar-refractivity contribution in [1.82, 2.24) is 5.17 Å². The lowest BCUT2D eigenvalue weighted by molar-refractivity contribution is -0.0219. The maximum Gasteiger partial charge on any atom is 0.335 e. The number of hydrogen-bond acceptors (Lipinski definition) is 7. The van der Waals surface area contributed by atoms with E-state index in [1.807, 2.05) is 0 Å². The van der Waals surface area contributed by atoms with Crippen LogP contribution < -0.4 is 15.9 Å². The van der Waals surface area contributed by atoms with E-state index in [2.05, 4.69) is 10.4 Å². The van der Waals surface area contributed by atoms with Gasteiger partial charge in [-0.15, -0.1) is 0 Å². The molecular formula is C17H17FN4O4. The zero-order valence-electron chi connectivity index (χ0n) is 13.8. The monoisotopic (exact) mass is 360 g/mol. The number of anilines is 1. The molecule has 0 atom stereocenters. The van der Waals surface area contributed by atoms with E-state index >= 15 is 0 Å². The van der Waals surface area contributed by atoms with Crippen LogP contribution in [0.1, 0.15) is 10.4 Å². The number of halogens is 1. The van der Waals surface area contributed by atoms with E-state index in [9.17, 15) is 14.4 Å². The Morgan fingerprint density at radius 2 is 2.00 bits per heavy atom. The van der Waals surface area contributed by atoms with Crippen LogP contribution in [0.25, 0.3) is 0 Å². The molecule has 0 aliphatic rings. The molecule has 2 aromatic carbocycles. The topological polar surface area (TPSA) is 120 Å². The van der Waals surface area contributed by atoms with Crippen LogP contribution in [0.4, 0.5) is 15.8 Å². The van der Waals surface area contributed by atoms with Gasteiger partial charge in [-0.2, -0.15) is 5.17 Å². The Morgan fingerprint density at radius 3 is 2.58 bits per heavy atom. The Bertz CT molecular complexity index is 837. The molecule has 0 aromatic heterocycles. The molecule has 136 valence electrons. The van der Waals surface area contributed by atoms with Gasteiger partial charge >= 0.3 is 5.97 Å². The molecule has 0 aliphatic carbocycles. The second-order valence-electron chi connectivity index (χ2n) is 4.97. The van der Waals surface area contributed by atoms with Crippen LogP contribution in [0.15, 0.2) is 59.4 Å². The number of aromatic carboxylic acids is 1. The maximum absolute atomic E-state index is 12.9. The van der Waals surface area contributed by atoms with E-state index in [0.29, 0.717) is 16.5 Å². The fourth-order valence-corrected chi connectivity index (χ4v) is 1.93. The largest absolute Gasteiger partial charge is 0.494 e. The number of nitrogens with zero attached hydrogens (tertiary/aromatic N) is 2. The number of benzene rings is 2. The number of nitrogens with two attached hydrogens (primary N) is 1. The summed E-state index contributed by atoms with van der Waals surface area (Å²) in [6.07, 6.45) is 2.36. The molecule has 8 nitrogen and oxygen atoms in total. The number of methoxy groups -OCH3 is 1. The number of ether oxygens (including phenoxy) is 1. The molecule has 2 rings (SSSR count). The molecule has 0 fully saturated rings. The van der Waals surface area contributed by atoms with Gasteiger partial charge in [-0.05, 0) is 42.5 Å². The lowest BCUT2D eigenvalue weighted by Crippen LogP contribution is -2.27. The van der Waals surface area contributed by atoms with Crippen LogP contribution >= 0.6 is 0 Å². The Kier molecular flexibility index (Phi) is 6.12. The Labute approximate surface area is 148 Å². The number of carbonyl (C=O) groups is 1. The lowest BCUT2D eigenvalue weighted by atomic mass is 10.2. The number of carboxylic acid groups (broad SMARTS) is 1. The second kappa shape index (κ2) is 8.49.